The topological polar surface area (TPSA) is 0 Å². The van der Waals surface area contributed by atoms with Gasteiger partial charge in [0.1, 0.15) is 0 Å². The first-order chi connectivity index (χ1) is 28.8. The summed E-state index contributed by atoms with van der Waals surface area (Å²) in [4.78, 5) is 0. The van der Waals surface area contributed by atoms with Crippen molar-refractivity contribution in [2.75, 3.05) is 57.7 Å². The second kappa shape index (κ2) is 45.4. The van der Waals surface area contributed by atoms with Crippen LogP contribution >= 0.6 is 114 Å². The van der Waals surface area contributed by atoms with Gasteiger partial charge in [-0.3, -0.25) is 0 Å². The Kier molecular flexibility index (Phi) is 53.5. The monoisotopic (exact) mass is 1530 g/mol. The van der Waals surface area contributed by atoms with Crippen LogP contribution < -0.4 is 34.0 Å². The first-order valence-electron chi connectivity index (χ1n) is 22.0. The van der Waals surface area contributed by atoms with E-state index in [0.29, 0.717) is 0 Å². The van der Waals surface area contributed by atoms with Gasteiger partial charge >= 0.3 is 0 Å². The van der Waals surface area contributed by atoms with Crippen LogP contribution in [0.1, 0.15) is 158 Å². The number of quaternary nitrogens is 2. The molecule has 376 valence electrons. The van der Waals surface area contributed by atoms with Crippen molar-refractivity contribution in [1.82, 2.24) is 0 Å². The number of nitrogens with zero attached hydrogens (tertiary/aromatic N) is 2. The Morgan fingerprint density at radius 2 is 0.413 bits per heavy atom. The van der Waals surface area contributed by atoms with E-state index in [1.165, 1.54) is 254 Å². The Bertz CT molecular complexity index is 1050. The zero-order valence-electron chi connectivity index (χ0n) is 38.6. The third-order valence-corrected chi connectivity index (χ3v) is 16.3. The average Bonchev–Trinajstić information content (AvgIpc) is 3.27. The first kappa shape index (κ1) is 74.2. The van der Waals surface area contributed by atoms with Gasteiger partial charge < -0.3 is 42.9 Å². The SMILES string of the molecule is CCCC[N+](CCCC)(CCCC)CCCC.CCCC[N+](CCCC)(CCCC)CCCC.ClCCl.Fc1c(F)c(F)c(I)c(I)c1F.Fc1c(F)c(F)c(I)c(I)c1F.[Br-].[Br-]. The molecule has 0 amide bonds. The molecule has 0 saturated heterocycles. The van der Waals surface area contributed by atoms with Crippen LogP contribution in [0.3, 0.4) is 0 Å². The van der Waals surface area contributed by atoms with Crippen molar-refractivity contribution in [1.29, 1.82) is 0 Å². The number of rotatable bonds is 24. The van der Waals surface area contributed by atoms with E-state index in [1.807, 2.05) is 0 Å². The van der Waals surface area contributed by atoms with Gasteiger partial charge in [-0.2, -0.15) is 0 Å². The van der Waals surface area contributed by atoms with Crippen LogP contribution in [0, 0.1) is 60.8 Å². The lowest BCUT2D eigenvalue weighted by Crippen LogP contribution is -3.00. The number of hydrogen-bond donors (Lipinski definition) is 0. The predicted molar refractivity (Wildman–Crippen MR) is 279 cm³/mol. The highest BCUT2D eigenvalue weighted by Crippen LogP contribution is 2.28. The third kappa shape index (κ3) is 30.6. The van der Waals surface area contributed by atoms with Crippen LogP contribution in [0.15, 0.2) is 0 Å². The molecule has 0 spiro atoms. The minimum Gasteiger partial charge on any atom is -1.00 e. The average molecular weight is 1530 g/mol. The van der Waals surface area contributed by atoms with Crippen LogP contribution in [0.5, 0.6) is 0 Å². The van der Waals surface area contributed by atoms with Crippen LogP contribution in [-0.2, 0) is 0 Å². The maximum atomic E-state index is 12.6. The van der Waals surface area contributed by atoms with E-state index in [-0.39, 0.29) is 53.6 Å². The van der Waals surface area contributed by atoms with Crippen LogP contribution in [0.25, 0.3) is 0 Å². The van der Waals surface area contributed by atoms with Gasteiger partial charge in [0.05, 0.1) is 72.0 Å². The molecule has 0 aliphatic rings. The van der Waals surface area contributed by atoms with Crippen molar-refractivity contribution in [2.45, 2.75) is 158 Å². The summed E-state index contributed by atoms with van der Waals surface area (Å²) in [6.45, 7) is 30.0. The molecule has 2 aromatic rings. The lowest BCUT2D eigenvalue weighted by atomic mass is 10.1. The van der Waals surface area contributed by atoms with Gasteiger partial charge in [-0.25, -0.2) is 35.1 Å². The molecule has 18 heteroatoms. The summed E-state index contributed by atoms with van der Waals surface area (Å²) in [6.07, 6.45) is 22.1. The molecule has 2 aromatic carbocycles. The zero-order chi connectivity index (χ0) is 47.6. The summed E-state index contributed by atoms with van der Waals surface area (Å²) >= 11 is 15.2. The van der Waals surface area contributed by atoms with Crippen molar-refractivity contribution < 1.29 is 78.1 Å². The quantitative estimate of drug-likeness (QED) is 0.0245. The Labute approximate surface area is 462 Å². The van der Waals surface area contributed by atoms with E-state index in [0.717, 1.165) is 0 Å². The highest BCUT2D eigenvalue weighted by Gasteiger charge is 2.27. The van der Waals surface area contributed by atoms with E-state index >= 15 is 0 Å². The van der Waals surface area contributed by atoms with Crippen molar-refractivity contribution >= 4 is 114 Å². The lowest BCUT2D eigenvalue weighted by Gasteiger charge is -2.39. The molecule has 0 bridgehead atoms. The van der Waals surface area contributed by atoms with E-state index in [2.05, 4.69) is 55.4 Å². The fourth-order valence-electron chi connectivity index (χ4n) is 6.45. The van der Waals surface area contributed by atoms with Gasteiger partial charge in [0.25, 0.3) is 0 Å². The second-order valence-corrected chi connectivity index (χ2v) is 20.3. The fourth-order valence-corrected chi connectivity index (χ4v) is 8.34. The summed E-state index contributed by atoms with van der Waals surface area (Å²) in [7, 11) is 0. The Morgan fingerprint density at radius 1 is 0.302 bits per heavy atom. The Balaban J connectivity index is -0.000000232. The molecule has 0 aliphatic carbocycles. The molecule has 63 heavy (non-hydrogen) atoms. The van der Waals surface area contributed by atoms with Crippen LogP contribution in [0.4, 0.5) is 35.1 Å². The largest absolute Gasteiger partial charge is 1.00 e. The molecule has 0 heterocycles. The summed E-state index contributed by atoms with van der Waals surface area (Å²) in [5, 5.41) is 0.194. The fraction of sp³-hybridized carbons (Fsp3) is 0.733. The summed E-state index contributed by atoms with van der Waals surface area (Å²) in [5.74, 6) is -12.5. The Morgan fingerprint density at radius 3 is 0.508 bits per heavy atom. The number of halogens is 16. The molecular formula is C45H74Br2Cl2F8I4N2. The van der Waals surface area contributed by atoms with Crippen molar-refractivity contribution in [3.8, 4) is 0 Å². The van der Waals surface area contributed by atoms with Crippen molar-refractivity contribution in [3.63, 3.8) is 0 Å². The highest BCUT2D eigenvalue weighted by molar-refractivity contribution is 14.1. The number of hydrogen-bond acceptors (Lipinski definition) is 0. The molecule has 0 aromatic heterocycles. The molecule has 0 radical (unpaired) electrons. The number of benzene rings is 2. The van der Waals surface area contributed by atoms with Gasteiger partial charge in [-0.1, -0.05) is 107 Å². The lowest BCUT2D eigenvalue weighted by molar-refractivity contribution is -0.929. The van der Waals surface area contributed by atoms with Gasteiger partial charge in [0, 0.05) is 0 Å². The molecule has 0 saturated carbocycles. The molecule has 0 N–H and O–H groups in total. The highest BCUT2D eigenvalue weighted by atomic mass is 127. The zero-order valence-corrected chi connectivity index (χ0v) is 51.9. The van der Waals surface area contributed by atoms with Gasteiger partial charge in [0.15, 0.2) is 46.5 Å². The van der Waals surface area contributed by atoms with Gasteiger partial charge in [-0.15, -0.1) is 23.2 Å². The maximum Gasteiger partial charge on any atom is 0.198 e. The normalized spacial score (nSPS) is 10.8. The molecule has 0 fully saturated rings. The number of unbranched alkanes of at least 4 members (excludes halogenated alkanes) is 8. The van der Waals surface area contributed by atoms with Gasteiger partial charge in [0.2, 0.25) is 0 Å². The van der Waals surface area contributed by atoms with Crippen molar-refractivity contribution in [2.24, 2.45) is 0 Å². The third-order valence-electron chi connectivity index (χ3n) is 10.2. The molecule has 2 nitrogen and oxygen atoms in total. The molecule has 0 atom stereocenters. The summed E-state index contributed by atoms with van der Waals surface area (Å²) < 4.78 is 102. The molecule has 2 rings (SSSR count). The standard InChI is InChI=1S/2C16H36N.2C6F4I2.CH2Cl2.2BrH/c2*1-5-9-13-17(14-10-6-2,15-11-7-3)16-12-8-4;2*7-1-2(8)4(10)6(12)5(11)3(1)9;2-1-3;;/h2*5-16H2,1-4H3;;;1H2;2*1H/q2*+1;;;;;/p-2. The number of alkyl halides is 2. The van der Waals surface area contributed by atoms with E-state index < -0.39 is 46.5 Å². The predicted octanol–water partition coefficient (Wildman–Crippen LogP) is 12.3. The smallest absolute Gasteiger partial charge is 0.198 e. The van der Waals surface area contributed by atoms with Crippen molar-refractivity contribution in [3.05, 3.63) is 60.8 Å². The maximum absolute atomic E-state index is 12.6. The van der Waals surface area contributed by atoms with Crippen LogP contribution in [-0.4, -0.2) is 66.7 Å². The van der Waals surface area contributed by atoms with E-state index in [1.54, 1.807) is 0 Å². The second-order valence-electron chi connectivity index (χ2n) is 15.2. The molecular weight excluding hydrogens is 1460 g/mol. The summed E-state index contributed by atoms with van der Waals surface area (Å²) in [6, 6.07) is 0. The van der Waals surface area contributed by atoms with E-state index in [4.69, 9.17) is 23.2 Å². The first-order valence-corrected chi connectivity index (χ1v) is 27.4. The summed E-state index contributed by atoms with van der Waals surface area (Å²) in [5.41, 5.74) is 0. The van der Waals surface area contributed by atoms with Gasteiger partial charge in [-0.05, 0) is 142 Å². The van der Waals surface area contributed by atoms with E-state index in [9.17, 15) is 35.1 Å². The molecule has 0 unspecified atom stereocenters. The molecule has 0 aliphatic heterocycles. The minimum absolute atomic E-state index is 0. The minimum atomic E-state index is -1.77. The van der Waals surface area contributed by atoms with Crippen LogP contribution in [0.2, 0.25) is 0 Å². The Hall–Kier alpha value is 2.26.